The number of H-pyrrole nitrogens is 1. The predicted molar refractivity (Wildman–Crippen MR) is 92.9 cm³/mol. The largest absolute Gasteiger partial charge is 0.480 e. The Bertz CT molecular complexity index is 602. The fourth-order valence-corrected chi connectivity index (χ4v) is 2.36. The van der Waals surface area contributed by atoms with Crippen LogP contribution in [0.15, 0.2) is 12.5 Å². The number of nitrogens with zero attached hydrogens (tertiary/aromatic N) is 1. The van der Waals surface area contributed by atoms with Gasteiger partial charge in [-0.15, -0.1) is 0 Å². The molecule has 10 nitrogen and oxygen atoms in total. The number of aromatic amines is 1. The van der Waals surface area contributed by atoms with E-state index in [9.17, 15) is 24.6 Å². The number of aliphatic hydroxyl groups is 1. The number of carbonyl (C=O) groups excluding carboxylic acids is 2. The summed E-state index contributed by atoms with van der Waals surface area (Å²) in [5, 5.41) is 23.8. The lowest BCUT2D eigenvalue weighted by atomic mass is 10.0. The summed E-state index contributed by atoms with van der Waals surface area (Å²) in [7, 11) is 0. The molecule has 0 radical (unpaired) electrons. The number of rotatable bonds is 10. The van der Waals surface area contributed by atoms with Gasteiger partial charge in [-0.3, -0.25) is 9.59 Å². The zero-order valence-corrected chi connectivity index (χ0v) is 15.1. The van der Waals surface area contributed by atoms with Crippen molar-refractivity contribution in [3.8, 4) is 0 Å². The van der Waals surface area contributed by atoms with Crippen molar-refractivity contribution in [1.82, 2.24) is 20.6 Å². The molecule has 26 heavy (non-hydrogen) atoms. The first-order chi connectivity index (χ1) is 12.1. The monoisotopic (exact) mass is 369 g/mol. The number of imidazole rings is 1. The Morgan fingerprint density at radius 2 is 1.88 bits per heavy atom. The Hall–Kier alpha value is -2.46. The van der Waals surface area contributed by atoms with Crippen molar-refractivity contribution in [3.05, 3.63) is 18.2 Å². The summed E-state index contributed by atoms with van der Waals surface area (Å²) in [6.07, 6.45) is 2.00. The van der Waals surface area contributed by atoms with Crippen molar-refractivity contribution in [2.24, 2.45) is 11.7 Å². The van der Waals surface area contributed by atoms with Crippen LogP contribution in [0.4, 0.5) is 0 Å². The van der Waals surface area contributed by atoms with Crippen LogP contribution in [0.2, 0.25) is 0 Å². The topological polar surface area (TPSA) is 170 Å². The highest BCUT2D eigenvalue weighted by atomic mass is 16.4. The summed E-state index contributed by atoms with van der Waals surface area (Å²) < 4.78 is 0. The smallest absolute Gasteiger partial charge is 0.326 e. The van der Waals surface area contributed by atoms with Crippen LogP contribution in [0, 0.1) is 5.92 Å². The van der Waals surface area contributed by atoms with E-state index in [2.05, 4.69) is 20.6 Å². The fraction of sp³-hybridized carbons (Fsp3) is 0.625. The molecule has 0 bridgehead atoms. The molecule has 0 saturated heterocycles. The zero-order chi connectivity index (χ0) is 19.9. The van der Waals surface area contributed by atoms with Gasteiger partial charge >= 0.3 is 5.97 Å². The Labute approximate surface area is 151 Å². The van der Waals surface area contributed by atoms with Gasteiger partial charge in [0.25, 0.3) is 0 Å². The van der Waals surface area contributed by atoms with E-state index in [0.717, 1.165) is 0 Å². The minimum Gasteiger partial charge on any atom is -0.480 e. The number of carbonyl (C=O) groups is 3. The molecule has 0 aliphatic carbocycles. The van der Waals surface area contributed by atoms with Gasteiger partial charge in [-0.1, -0.05) is 13.8 Å². The van der Waals surface area contributed by atoms with E-state index in [-0.39, 0.29) is 12.3 Å². The van der Waals surface area contributed by atoms with Crippen LogP contribution in [0.25, 0.3) is 0 Å². The molecule has 0 aromatic carbocycles. The van der Waals surface area contributed by atoms with Crippen LogP contribution in [-0.4, -0.2) is 62.2 Å². The third kappa shape index (κ3) is 6.81. The number of aromatic nitrogens is 2. The summed E-state index contributed by atoms with van der Waals surface area (Å²) in [5.74, 6) is -2.46. The Balaban J connectivity index is 2.76. The molecule has 1 rings (SSSR count). The first kappa shape index (κ1) is 21.6. The number of carboxylic acid groups (broad SMARTS) is 1. The quantitative estimate of drug-likeness (QED) is 0.299. The second kappa shape index (κ2) is 9.88. The van der Waals surface area contributed by atoms with Crippen molar-refractivity contribution >= 4 is 17.8 Å². The first-order valence-electron chi connectivity index (χ1n) is 8.36. The number of nitrogens with one attached hydrogen (secondary N) is 3. The highest BCUT2D eigenvalue weighted by Gasteiger charge is 2.31. The van der Waals surface area contributed by atoms with Gasteiger partial charge in [0.15, 0.2) is 0 Å². The fourth-order valence-electron chi connectivity index (χ4n) is 2.36. The molecule has 0 aliphatic heterocycles. The molecule has 1 heterocycles. The molecule has 2 amide bonds. The van der Waals surface area contributed by atoms with Gasteiger partial charge in [0.2, 0.25) is 11.8 Å². The molecule has 0 spiro atoms. The molecule has 1 aromatic rings. The molecule has 4 unspecified atom stereocenters. The number of carboxylic acids is 1. The second-order valence-electron chi connectivity index (χ2n) is 6.64. The van der Waals surface area contributed by atoms with Gasteiger partial charge in [0.1, 0.15) is 12.1 Å². The Morgan fingerprint density at radius 1 is 1.23 bits per heavy atom. The molecule has 0 fully saturated rings. The first-order valence-corrected chi connectivity index (χ1v) is 8.36. The zero-order valence-electron chi connectivity index (χ0n) is 15.1. The summed E-state index contributed by atoms with van der Waals surface area (Å²) in [5.41, 5.74) is 6.30. The lowest BCUT2D eigenvalue weighted by Crippen LogP contribution is -2.58. The van der Waals surface area contributed by atoms with Gasteiger partial charge in [0.05, 0.1) is 18.5 Å². The SMILES string of the molecule is CC(C)CC(N)C(=O)NC(C(=O)NC(Cc1cnc[nH]1)C(=O)O)C(C)O. The Morgan fingerprint density at radius 3 is 2.35 bits per heavy atom. The Kier molecular flexibility index (Phi) is 8.20. The third-order valence-electron chi connectivity index (χ3n) is 3.72. The number of amides is 2. The van der Waals surface area contributed by atoms with E-state index in [1.165, 1.54) is 19.4 Å². The van der Waals surface area contributed by atoms with Crippen LogP contribution < -0.4 is 16.4 Å². The predicted octanol–water partition coefficient (Wildman–Crippen LogP) is -1.24. The molecule has 0 saturated carbocycles. The number of aliphatic carboxylic acids is 1. The van der Waals surface area contributed by atoms with Crippen molar-refractivity contribution in [3.63, 3.8) is 0 Å². The molecule has 4 atom stereocenters. The molecular formula is C16H27N5O5. The molecule has 146 valence electrons. The molecular weight excluding hydrogens is 342 g/mol. The van der Waals surface area contributed by atoms with E-state index >= 15 is 0 Å². The van der Waals surface area contributed by atoms with Crippen molar-refractivity contribution in [2.75, 3.05) is 0 Å². The van der Waals surface area contributed by atoms with E-state index < -0.39 is 42.0 Å². The van der Waals surface area contributed by atoms with Crippen LogP contribution >= 0.6 is 0 Å². The normalized spacial score (nSPS) is 15.8. The third-order valence-corrected chi connectivity index (χ3v) is 3.72. The van der Waals surface area contributed by atoms with E-state index in [0.29, 0.717) is 12.1 Å². The van der Waals surface area contributed by atoms with Gasteiger partial charge in [-0.2, -0.15) is 0 Å². The van der Waals surface area contributed by atoms with Crippen molar-refractivity contribution in [2.45, 2.75) is 57.8 Å². The van der Waals surface area contributed by atoms with E-state index in [1.807, 2.05) is 13.8 Å². The lowest BCUT2D eigenvalue weighted by Gasteiger charge is -2.25. The maximum Gasteiger partial charge on any atom is 0.326 e. The molecule has 10 heteroatoms. The maximum absolute atomic E-state index is 12.4. The van der Waals surface area contributed by atoms with Gasteiger partial charge in [-0.25, -0.2) is 9.78 Å². The molecule has 0 aliphatic rings. The van der Waals surface area contributed by atoms with E-state index in [1.54, 1.807) is 0 Å². The highest BCUT2D eigenvalue weighted by Crippen LogP contribution is 2.05. The van der Waals surface area contributed by atoms with Gasteiger partial charge < -0.3 is 31.6 Å². The minimum atomic E-state index is -1.32. The lowest BCUT2D eigenvalue weighted by molar-refractivity contribution is -0.143. The number of aliphatic hydroxyl groups excluding tert-OH is 1. The van der Waals surface area contributed by atoms with Gasteiger partial charge in [0, 0.05) is 18.3 Å². The van der Waals surface area contributed by atoms with Crippen molar-refractivity contribution in [1.29, 1.82) is 0 Å². The van der Waals surface area contributed by atoms with Crippen molar-refractivity contribution < 1.29 is 24.6 Å². The summed E-state index contributed by atoms with van der Waals surface area (Å²) in [6.45, 7) is 5.13. The number of nitrogens with two attached hydrogens (primary N) is 1. The molecule has 1 aromatic heterocycles. The van der Waals surface area contributed by atoms with Crippen LogP contribution in [0.1, 0.15) is 32.9 Å². The standard InChI is InChI=1S/C16H27N5O5/c1-8(2)4-11(17)14(23)21-13(9(3)22)15(24)20-12(16(25)26)5-10-6-18-7-19-10/h6-9,11-13,22H,4-5,17H2,1-3H3,(H,18,19)(H,20,24)(H,21,23)(H,25,26). The van der Waals surface area contributed by atoms with Crippen LogP contribution in [0.3, 0.4) is 0 Å². The summed E-state index contributed by atoms with van der Waals surface area (Å²) >= 11 is 0. The minimum absolute atomic E-state index is 0.0194. The molecule has 7 N–H and O–H groups in total. The summed E-state index contributed by atoms with van der Waals surface area (Å²) in [6, 6.07) is -3.39. The number of hydrogen-bond donors (Lipinski definition) is 6. The van der Waals surface area contributed by atoms with E-state index in [4.69, 9.17) is 5.73 Å². The van der Waals surface area contributed by atoms with Crippen LogP contribution in [-0.2, 0) is 20.8 Å². The number of hydrogen-bond acceptors (Lipinski definition) is 6. The second-order valence-corrected chi connectivity index (χ2v) is 6.64. The highest BCUT2D eigenvalue weighted by molar-refractivity contribution is 5.92. The van der Waals surface area contributed by atoms with Crippen LogP contribution in [0.5, 0.6) is 0 Å². The summed E-state index contributed by atoms with van der Waals surface area (Å²) in [4.78, 5) is 42.4. The maximum atomic E-state index is 12.4. The average molecular weight is 369 g/mol. The van der Waals surface area contributed by atoms with Gasteiger partial charge in [-0.05, 0) is 19.3 Å². The average Bonchev–Trinajstić information content (AvgIpc) is 3.03.